The minimum Gasteiger partial charge on any atom is -0.497 e. The average molecular weight is 448 g/mol. The van der Waals surface area contributed by atoms with E-state index in [1.165, 1.54) is 26.4 Å². The lowest BCUT2D eigenvalue weighted by atomic mass is 9.93. The summed E-state index contributed by atoms with van der Waals surface area (Å²) in [4.78, 5) is 28.0. The molecule has 4 rings (SSSR count). The fraction of sp³-hybridized carbons (Fsp3) is 0.231. The van der Waals surface area contributed by atoms with Crippen molar-refractivity contribution >= 4 is 11.8 Å². The molecule has 1 saturated heterocycles. The summed E-state index contributed by atoms with van der Waals surface area (Å²) in [6, 6.07) is 18.2. The standard InChI is InChI=1S/C26H25FN2O4/c1-32-20-11-12-24(33-2)22(16-20)26(31)29-14-13-28-25(30)23(29)15-18-5-3-4-6-21(18)17-7-9-19(27)10-8-17/h3-12,16,23H,13-15H2,1-2H3,(H,28,30)/t23-/m1/s1. The van der Waals surface area contributed by atoms with Gasteiger partial charge in [0.05, 0.1) is 19.8 Å². The van der Waals surface area contributed by atoms with Gasteiger partial charge in [-0.1, -0.05) is 36.4 Å². The molecule has 33 heavy (non-hydrogen) atoms. The third-order valence-corrected chi connectivity index (χ3v) is 5.81. The van der Waals surface area contributed by atoms with Crippen LogP contribution in [0.3, 0.4) is 0 Å². The second-order valence-electron chi connectivity index (χ2n) is 7.74. The Bertz CT molecular complexity index is 1160. The summed E-state index contributed by atoms with van der Waals surface area (Å²) in [5, 5.41) is 2.87. The number of carbonyl (C=O) groups is 2. The van der Waals surface area contributed by atoms with Gasteiger partial charge in [-0.15, -0.1) is 0 Å². The molecule has 1 fully saturated rings. The number of rotatable bonds is 6. The van der Waals surface area contributed by atoms with Gasteiger partial charge in [0.1, 0.15) is 23.4 Å². The van der Waals surface area contributed by atoms with Crippen molar-refractivity contribution in [3.63, 3.8) is 0 Å². The highest BCUT2D eigenvalue weighted by molar-refractivity contribution is 6.00. The number of methoxy groups -OCH3 is 2. The monoisotopic (exact) mass is 448 g/mol. The van der Waals surface area contributed by atoms with Gasteiger partial charge in [-0.3, -0.25) is 9.59 Å². The number of hydrogen-bond acceptors (Lipinski definition) is 4. The first-order chi connectivity index (χ1) is 16.0. The third kappa shape index (κ3) is 4.67. The molecule has 3 aromatic carbocycles. The second kappa shape index (κ2) is 9.73. The normalized spacial score (nSPS) is 15.7. The quantitative estimate of drug-likeness (QED) is 0.625. The van der Waals surface area contributed by atoms with E-state index in [0.29, 0.717) is 36.6 Å². The van der Waals surface area contributed by atoms with Gasteiger partial charge in [0.15, 0.2) is 0 Å². The maximum atomic E-state index is 13.6. The maximum Gasteiger partial charge on any atom is 0.258 e. The van der Waals surface area contributed by atoms with Crippen molar-refractivity contribution in [1.82, 2.24) is 10.2 Å². The van der Waals surface area contributed by atoms with E-state index in [-0.39, 0.29) is 17.6 Å². The van der Waals surface area contributed by atoms with Crippen LogP contribution in [-0.2, 0) is 11.2 Å². The lowest BCUT2D eigenvalue weighted by Crippen LogP contribution is -2.58. The molecule has 7 heteroatoms. The van der Waals surface area contributed by atoms with Gasteiger partial charge in [-0.25, -0.2) is 4.39 Å². The molecule has 1 atom stereocenters. The largest absolute Gasteiger partial charge is 0.497 e. The molecular formula is C26H25FN2O4. The molecule has 0 spiro atoms. The second-order valence-corrected chi connectivity index (χ2v) is 7.74. The number of hydrogen-bond donors (Lipinski definition) is 1. The van der Waals surface area contributed by atoms with Crippen LogP contribution in [0.2, 0.25) is 0 Å². The number of nitrogens with one attached hydrogen (secondary N) is 1. The van der Waals surface area contributed by atoms with Crippen molar-refractivity contribution < 1.29 is 23.5 Å². The number of nitrogens with zero attached hydrogens (tertiary/aromatic N) is 1. The third-order valence-electron chi connectivity index (χ3n) is 5.81. The molecule has 0 saturated carbocycles. The highest BCUT2D eigenvalue weighted by Gasteiger charge is 2.35. The average Bonchev–Trinajstić information content (AvgIpc) is 2.85. The first kappa shape index (κ1) is 22.3. The number of ether oxygens (including phenoxy) is 2. The zero-order valence-corrected chi connectivity index (χ0v) is 18.5. The molecule has 0 radical (unpaired) electrons. The molecule has 3 aromatic rings. The summed E-state index contributed by atoms with van der Waals surface area (Å²) >= 11 is 0. The van der Waals surface area contributed by atoms with Crippen LogP contribution in [0.5, 0.6) is 11.5 Å². The Kier molecular flexibility index (Phi) is 6.58. The maximum absolute atomic E-state index is 13.6. The lowest BCUT2D eigenvalue weighted by molar-refractivity contribution is -0.127. The zero-order valence-electron chi connectivity index (χ0n) is 18.5. The SMILES string of the molecule is COc1ccc(OC)c(C(=O)N2CCNC(=O)[C@H]2Cc2ccccc2-c2ccc(F)cc2)c1. The first-order valence-corrected chi connectivity index (χ1v) is 10.7. The Morgan fingerprint density at radius 3 is 2.55 bits per heavy atom. The Morgan fingerprint density at radius 1 is 1.06 bits per heavy atom. The minimum atomic E-state index is -0.705. The zero-order chi connectivity index (χ0) is 23.4. The van der Waals surface area contributed by atoms with Crippen molar-refractivity contribution in [2.45, 2.75) is 12.5 Å². The molecule has 2 amide bonds. The van der Waals surface area contributed by atoms with E-state index in [2.05, 4.69) is 5.32 Å². The van der Waals surface area contributed by atoms with Gasteiger partial charge in [0.25, 0.3) is 5.91 Å². The van der Waals surface area contributed by atoms with Crippen LogP contribution in [0, 0.1) is 5.82 Å². The van der Waals surface area contributed by atoms with Crippen molar-refractivity contribution in [3.8, 4) is 22.6 Å². The number of halogens is 1. The van der Waals surface area contributed by atoms with E-state index in [9.17, 15) is 14.0 Å². The van der Waals surface area contributed by atoms with Gasteiger partial charge in [0.2, 0.25) is 5.91 Å². The van der Waals surface area contributed by atoms with Gasteiger partial charge < -0.3 is 19.7 Å². The predicted octanol–water partition coefficient (Wildman–Crippen LogP) is 3.69. The van der Waals surface area contributed by atoms with Crippen molar-refractivity contribution in [3.05, 3.63) is 83.7 Å². The number of amides is 2. The molecule has 1 aliphatic rings. The van der Waals surface area contributed by atoms with Gasteiger partial charge in [-0.2, -0.15) is 0 Å². The van der Waals surface area contributed by atoms with Gasteiger partial charge >= 0.3 is 0 Å². The fourth-order valence-corrected chi connectivity index (χ4v) is 4.11. The molecule has 0 bridgehead atoms. The summed E-state index contributed by atoms with van der Waals surface area (Å²) in [6.07, 6.45) is 0.317. The van der Waals surface area contributed by atoms with Crippen LogP contribution in [-0.4, -0.2) is 50.1 Å². The molecule has 170 valence electrons. The number of carbonyl (C=O) groups excluding carboxylic acids is 2. The summed E-state index contributed by atoms with van der Waals surface area (Å²) in [6.45, 7) is 0.737. The summed E-state index contributed by atoms with van der Waals surface area (Å²) in [5.74, 6) is 0.109. The summed E-state index contributed by atoms with van der Waals surface area (Å²) in [7, 11) is 3.03. The van der Waals surface area contributed by atoms with Crippen molar-refractivity contribution in [1.29, 1.82) is 0 Å². The Hall–Kier alpha value is -3.87. The van der Waals surface area contributed by atoms with E-state index in [0.717, 1.165) is 16.7 Å². The topological polar surface area (TPSA) is 67.9 Å². The summed E-state index contributed by atoms with van der Waals surface area (Å²) < 4.78 is 24.1. The van der Waals surface area contributed by atoms with E-state index in [4.69, 9.17) is 9.47 Å². The van der Waals surface area contributed by atoms with E-state index in [1.807, 2.05) is 24.3 Å². The van der Waals surface area contributed by atoms with Gasteiger partial charge in [-0.05, 0) is 47.0 Å². The van der Waals surface area contributed by atoms with Crippen molar-refractivity contribution in [2.24, 2.45) is 0 Å². The molecule has 0 aromatic heterocycles. The van der Waals surface area contributed by atoms with Crippen LogP contribution in [0.25, 0.3) is 11.1 Å². The lowest BCUT2D eigenvalue weighted by Gasteiger charge is -2.35. The van der Waals surface area contributed by atoms with Crippen LogP contribution in [0.1, 0.15) is 15.9 Å². The Balaban J connectivity index is 1.68. The molecule has 0 unspecified atom stereocenters. The van der Waals surface area contributed by atoms with Crippen LogP contribution < -0.4 is 14.8 Å². The van der Waals surface area contributed by atoms with Crippen LogP contribution >= 0.6 is 0 Å². The highest BCUT2D eigenvalue weighted by atomic mass is 19.1. The Morgan fingerprint density at radius 2 is 1.82 bits per heavy atom. The summed E-state index contributed by atoms with van der Waals surface area (Å²) in [5.41, 5.74) is 2.96. The fourth-order valence-electron chi connectivity index (χ4n) is 4.11. The van der Waals surface area contributed by atoms with E-state index < -0.39 is 6.04 Å². The first-order valence-electron chi connectivity index (χ1n) is 10.7. The number of benzene rings is 3. The van der Waals surface area contributed by atoms with Crippen molar-refractivity contribution in [2.75, 3.05) is 27.3 Å². The molecular weight excluding hydrogens is 423 g/mol. The van der Waals surface area contributed by atoms with E-state index in [1.54, 1.807) is 35.2 Å². The van der Waals surface area contributed by atoms with Crippen LogP contribution in [0.15, 0.2) is 66.7 Å². The Labute approximate surface area is 191 Å². The molecule has 1 aliphatic heterocycles. The van der Waals surface area contributed by atoms with E-state index >= 15 is 0 Å². The smallest absolute Gasteiger partial charge is 0.258 e. The van der Waals surface area contributed by atoms with Crippen LogP contribution in [0.4, 0.5) is 4.39 Å². The molecule has 1 heterocycles. The predicted molar refractivity (Wildman–Crippen MR) is 123 cm³/mol. The van der Waals surface area contributed by atoms with Gasteiger partial charge in [0, 0.05) is 19.5 Å². The highest BCUT2D eigenvalue weighted by Crippen LogP contribution is 2.29. The number of piperazine rings is 1. The molecule has 1 N–H and O–H groups in total. The molecule has 6 nitrogen and oxygen atoms in total. The minimum absolute atomic E-state index is 0.217. The molecule has 0 aliphatic carbocycles.